The van der Waals surface area contributed by atoms with E-state index in [-0.39, 0.29) is 18.2 Å². The third-order valence-corrected chi connectivity index (χ3v) is 3.97. The van der Waals surface area contributed by atoms with Gasteiger partial charge in [-0.05, 0) is 18.9 Å². The maximum atomic E-state index is 11.1. The standard InChI is InChI=1S/C18H30O4Si/c1-20-16(12-9-7-8-10-15-23(4,5)6)17(21-2)13-11-14-18(19)22-3/h7-9,12,16-17H,11,13-14H2,1-6H3/t16-,17+/m1/s1. The molecular weight excluding hydrogens is 308 g/mol. The van der Waals surface area contributed by atoms with Gasteiger partial charge in [-0.1, -0.05) is 43.8 Å². The van der Waals surface area contributed by atoms with E-state index in [0.717, 1.165) is 6.42 Å². The molecule has 0 aromatic rings. The van der Waals surface area contributed by atoms with E-state index in [2.05, 4.69) is 35.8 Å². The summed E-state index contributed by atoms with van der Waals surface area (Å²) in [6.07, 6.45) is 9.18. The molecule has 0 aliphatic rings. The van der Waals surface area contributed by atoms with Crippen LogP contribution in [0.25, 0.3) is 0 Å². The quantitative estimate of drug-likeness (QED) is 0.280. The van der Waals surface area contributed by atoms with Crippen LogP contribution in [0.1, 0.15) is 19.3 Å². The van der Waals surface area contributed by atoms with Gasteiger partial charge in [0.2, 0.25) is 0 Å². The lowest BCUT2D eigenvalue weighted by atomic mass is 10.1. The predicted octanol–water partition coefficient (Wildman–Crippen LogP) is 3.35. The van der Waals surface area contributed by atoms with Gasteiger partial charge >= 0.3 is 5.97 Å². The zero-order chi connectivity index (χ0) is 17.7. The first-order valence-corrected chi connectivity index (χ1v) is 11.3. The van der Waals surface area contributed by atoms with E-state index in [1.54, 1.807) is 14.2 Å². The molecule has 0 saturated heterocycles. The van der Waals surface area contributed by atoms with Crippen LogP contribution in [0.3, 0.4) is 0 Å². The van der Waals surface area contributed by atoms with E-state index in [1.807, 2.05) is 24.3 Å². The van der Waals surface area contributed by atoms with E-state index < -0.39 is 8.07 Å². The summed E-state index contributed by atoms with van der Waals surface area (Å²) < 4.78 is 15.6. The highest BCUT2D eigenvalue weighted by atomic mass is 28.3. The minimum absolute atomic E-state index is 0.0950. The van der Waals surface area contributed by atoms with E-state index in [0.29, 0.717) is 12.8 Å². The molecule has 0 aliphatic carbocycles. The average Bonchev–Trinajstić information content (AvgIpc) is 2.50. The molecule has 0 heterocycles. The van der Waals surface area contributed by atoms with Crippen molar-refractivity contribution in [1.29, 1.82) is 0 Å². The first-order chi connectivity index (χ1) is 10.8. The van der Waals surface area contributed by atoms with Crippen molar-refractivity contribution < 1.29 is 19.0 Å². The van der Waals surface area contributed by atoms with Crippen molar-refractivity contribution in [3.05, 3.63) is 24.3 Å². The Morgan fingerprint density at radius 3 is 2.35 bits per heavy atom. The Morgan fingerprint density at radius 1 is 1.13 bits per heavy atom. The molecular formula is C18H30O4Si. The van der Waals surface area contributed by atoms with Gasteiger partial charge in [0.15, 0.2) is 0 Å². The average molecular weight is 339 g/mol. The van der Waals surface area contributed by atoms with Crippen LogP contribution >= 0.6 is 0 Å². The Kier molecular flexibility index (Phi) is 11.4. The van der Waals surface area contributed by atoms with Crippen molar-refractivity contribution in [2.24, 2.45) is 0 Å². The van der Waals surface area contributed by atoms with Crippen LogP contribution < -0.4 is 0 Å². The van der Waals surface area contributed by atoms with E-state index in [1.165, 1.54) is 7.11 Å². The Balaban J connectivity index is 4.46. The molecule has 0 aromatic carbocycles. The lowest BCUT2D eigenvalue weighted by molar-refractivity contribution is -0.140. The molecule has 0 rings (SSSR count). The van der Waals surface area contributed by atoms with Gasteiger partial charge in [0.1, 0.15) is 14.2 Å². The highest BCUT2D eigenvalue weighted by Gasteiger charge is 2.18. The molecule has 130 valence electrons. The Bertz CT molecular complexity index is 452. The summed E-state index contributed by atoms with van der Waals surface area (Å²) in [5, 5.41) is 0. The van der Waals surface area contributed by atoms with Crippen LogP contribution in [0.2, 0.25) is 19.6 Å². The van der Waals surface area contributed by atoms with Crippen LogP contribution in [-0.2, 0) is 19.0 Å². The molecule has 0 amide bonds. The van der Waals surface area contributed by atoms with Crippen LogP contribution in [-0.4, -0.2) is 47.6 Å². The highest BCUT2D eigenvalue weighted by molar-refractivity contribution is 6.83. The number of carbonyl (C=O) groups excluding carboxylic acids is 1. The van der Waals surface area contributed by atoms with E-state index >= 15 is 0 Å². The molecule has 5 heteroatoms. The van der Waals surface area contributed by atoms with Gasteiger partial charge in [0, 0.05) is 20.6 Å². The summed E-state index contributed by atoms with van der Waals surface area (Å²) in [5.41, 5.74) is 3.27. The second-order valence-corrected chi connectivity index (χ2v) is 11.0. The number of methoxy groups -OCH3 is 3. The smallest absolute Gasteiger partial charge is 0.305 e. The fraction of sp³-hybridized carbons (Fsp3) is 0.611. The third kappa shape index (κ3) is 11.8. The van der Waals surface area contributed by atoms with Gasteiger partial charge in [-0.3, -0.25) is 4.79 Å². The zero-order valence-corrected chi connectivity index (χ0v) is 16.2. The van der Waals surface area contributed by atoms with Crippen molar-refractivity contribution >= 4 is 14.0 Å². The maximum Gasteiger partial charge on any atom is 0.305 e. The Morgan fingerprint density at radius 2 is 1.83 bits per heavy atom. The predicted molar refractivity (Wildman–Crippen MR) is 96.9 cm³/mol. The second-order valence-electron chi connectivity index (χ2n) is 6.21. The third-order valence-electron chi connectivity index (χ3n) is 3.08. The van der Waals surface area contributed by atoms with E-state index in [9.17, 15) is 4.79 Å². The Labute approximate surface area is 141 Å². The van der Waals surface area contributed by atoms with Crippen LogP contribution in [0, 0.1) is 11.5 Å². The lowest BCUT2D eigenvalue weighted by Crippen LogP contribution is -2.28. The number of rotatable bonds is 9. The number of hydrogen-bond acceptors (Lipinski definition) is 4. The summed E-state index contributed by atoms with van der Waals surface area (Å²) in [7, 11) is 3.38. The minimum Gasteiger partial charge on any atom is -0.469 e. The summed E-state index contributed by atoms with van der Waals surface area (Å²) in [6, 6.07) is 0. The van der Waals surface area contributed by atoms with Gasteiger partial charge in [-0.15, -0.1) is 5.54 Å². The fourth-order valence-corrected chi connectivity index (χ4v) is 2.37. The minimum atomic E-state index is -1.32. The van der Waals surface area contributed by atoms with Crippen molar-refractivity contribution in [2.75, 3.05) is 21.3 Å². The zero-order valence-electron chi connectivity index (χ0n) is 15.2. The van der Waals surface area contributed by atoms with Crippen LogP contribution in [0.5, 0.6) is 0 Å². The summed E-state index contributed by atoms with van der Waals surface area (Å²) in [6.45, 7) is 6.63. The summed E-state index contributed by atoms with van der Waals surface area (Å²) >= 11 is 0. The topological polar surface area (TPSA) is 44.8 Å². The molecule has 0 radical (unpaired) electrons. The van der Waals surface area contributed by atoms with Gasteiger partial charge in [0.25, 0.3) is 0 Å². The number of esters is 1. The first-order valence-electron chi connectivity index (χ1n) is 7.82. The molecule has 0 aromatic heterocycles. The number of carbonyl (C=O) groups is 1. The van der Waals surface area contributed by atoms with Crippen molar-refractivity contribution in [2.45, 2.75) is 51.1 Å². The molecule has 0 saturated carbocycles. The molecule has 4 nitrogen and oxygen atoms in total. The second kappa shape index (κ2) is 12.1. The monoisotopic (exact) mass is 338 g/mol. The number of hydrogen-bond donors (Lipinski definition) is 0. The molecule has 0 spiro atoms. The molecule has 2 atom stereocenters. The molecule has 0 bridgehead atoms. The molecule has 0 N–H and O–H groups in total. The SMILES string of the molecule is COC(=O)CCC[C@H](OC)[C@@H](C=CC=CC#C[Si](C)(C)C)OC. The van der Waals surface area contributed by atoms with Gasteiger partial charge in [-0.2, -0.15) is 0 Å². The molecule has 0 aliphatic heterocycles. The molecule has 23 heavy (non-hydrogen) atoms. The van der Waals surface area contributed by atoms with Crippen molar-refractivity contribution in [1.82, 2.24) is 0 Å². The van der Waals surface area contributed by atoms with Gasteiger partial charge in [-0.25, -0.2) is 0 Å². The van der Waals surface area contributed by atoms with Crippen LogP contribution in [0.4, 0.5) is 0 Å². The van der Waals surface area contributed by atoms with Gasteiger partial charge < -0.3 is 14.2 Å². The van der Waals surface area contributed by atoms with E-state index in [4.69, 9.17) is 9.47 Å². The molecule has 0 fully saturated rings. The first kappa shape index (κ1) is 21.6. The fourth-order valence-electron chi connectivity index (χ4n) is 1.86. The summed E-state index contributed by atoms with van der Waals surface area (Å²) in [5.74, 6) is 2.87. The van der Waals surface area contributed by atoms with Crippen molar-refractivity contribution in [3.63, 3.8) is 0 Å². The molecule has 0 unspecified atom stereocenters. The maximum absolute atomic E-state index is 11.1. The largest absolute Gasteiger partial charge is 0.469 e. The normalized spacial score (nSPS) is 14.5. The highest BCUT2D eigenvalue weighted by Crippen LogP contribution is 2.13. The van der Waals surface area contributed by atoms with Crippen molar-refractivity contribution in [3.8, 4) is 11.5 Å². The number of allylic oxidation sites excluding steroid dienone is 3. The van der Waals surface area contributed by atoms with Gasteiger partial charge in [0.05, 0.1) is 13.2 Å². The summed E-state index contributed by atoms with van der Waals surface area (Å²) in [4.78, 5) is 11.1. The van der Waals surface area contributed by atoms with Crippen LogP contribution in [0.15, 0.2) is 24.3 Å². The number of ether oxygens (including phenoxy) is 3. The lowest BCUT2D eigenvalue weighted by Gasteiger charge is -2.22. The Hall–Kier alpha value is -1.35.